The number of rotatable bonds is 5. The molecule has 1 aromatic rings. The van der Waals surface area contributed by atoms with E-state index in [9.17, 15) is 0 Å². The second-order valence-electron chi connectivity index (χ2n) is 2.60. The first-order valence-corrected chi connectivity index (χ1v) is 4.98. The van der Waals surface area contributed by atoms with Gasteiger partial charge < -0.3 is 4.74 Å². The largest absolute Gasteiger partial charge is 0.379 e. The highest BCUT2D eigenvalue weighted by Crippen LogP contribution is 2.16. The molecule has 0 atom stereocenters. The molecule has 4 nitrogen and oxygen atoms in total. The monoisotopic (exact) mass is 209 g/mol. The molecule has 0 spiro atoms. The Bertz CT molecular complexity index is 353. The summed E-state index contributed by atoms with van der Waals surface area (Å²) in [5.74, 6) is 0. The first-order chi connectivity index (χ1) is 6.86. The second kappa shape index (κ2) is 6.21. The summed E-state index contributed by atoms with van der Waals surface area (Å²) < 4.78 is 5.00. The van der Waals surface area contributed by atoms with E-state index >= 15 is 0 Å². The van der Waals surface area contributed by atoms with Crippen LogP contribution in [0.1, 0.15) is 10.4 Å². The number of ether oxygens (including phenoxy) is 1. The van der Waals surface area contributed by atoms with Gasteiger partial charge in [-0.2, -0.15) is 0 Å². The van der Waals surface area contributed by atoms with Gasteiger partial charge >= 0.3 is 0 Å². The molecule has 5 heteroatoms. The number of hydrogen-bond donors (Lipinski definition) is 0. The molecular formula is C9H11N3OS. The van der Waals surface area contributed by atoms with Gasteiger partial charge in [-0.05, 0) is 22.5 Å². The van der Waals surface area contributed by atoms with Crippen molar-refractivity contribution in [2.24, 2.45) is 5.11 Å². The molecule has 1 heterocycles. The summed E-state index contributed by atoms with van der Waals surface area (Å²) in [6, 6.07) is 2.06. The number of hydrogen-bond acceptors (Lipinski definition) is 3. The predicted molar refractivity (Wildman–Crippen MR) is 58.1 cm³/mol. The van der Waals surface area contributed by atoms with E-state index in [1.807, 2.05) is 17.5 Å². The van der Waals surface area contributed by atoms with E-state index in [2.05, 4.69) is 16.1 Å². The maximum Gasteiger partial charge on any atom is 0.0805 e. The quantitative estimate of drug-likeness (QED) is 0.417. The van der Waals surface area contributed by atoms with E-state index in [4.69, 9.17) is 10.3 Å². The Morgan fingerprint density at radius 1 is 1.71 bits per heavy atom. The van der Waals surface area contributed by atoms with Gasteiger partial charge in [-0.25, -0.2) is 0 Å². The minimum atomic E-state index is 0.395. The summed E-state index contributed by atoms with van der Waals surface area (Å²) in [4.78, 5) is 3.85. The topological polar surface area (TPSA) is 58.0 Å². The lowest BCUT2D eigenvalue weighted by atomic mass is 10.3. The van der Waals surface area contributed by atoms with Gasteiger partial charge in [0.05, 0.1) is 6.61 Å². The van der Waals surface area contributed by atoms with Crippen molar-refractivity contribution in [1.29, 1.82) is 0 Å². The zero-order valence-electron chi connectivity index (χ0n) is 7.88. The lowest BCUT2D eigenvalue weighted by Gasteiger charge is -1.90. The van der Waals surface area contributed by atoms with Crippen LogP contribution in [-0.4, -0.2) is 13.7 Å². The minimum absolute atomic E-state index is 0.395. The van der Waals surface area contributed by atoms with Gasteiger partial charge in [0.2, 0.25) is 0 Å². The number of methoxy groups -OCH3 is 1. The standard InChI is InChI=1S/C9H11N3OS/c1-13-6-9-5-8(7-14-9)3-2-4-11-12-10/h2-3,5,7H,4,6H2,1H3. The Kier molecular flexibility index (Phi) is 4.78. The van der Waals surface area contributed by atoms with Crippen LogP contribution in [0.25, 0.3) is 16.5 Å². The lowest BCUT2D eigenvalue weighted by Crippen LogP contribution is -1.80. The fraction of sp³-hybridized carbons (Fsp3) is 0.333. The minimum Gasteiger partial charge on any atom is -0.379 e. The third-order valence-electron chi connectivity index (χ3n) is 1.52. The van der Waals surface area contributed by atoms with Crippen LogP contribution in [0.2, 0.25) is 0 Å². The van der Waals surface area contributed by atoms with E-state index in [0.717, 1.165) is 5.56 Å². The zero-order valence-corrected chi connectivity index (χ0v) is 8.70. The van der Waals surface area contributed by atoms with Gasteiger partial charge in [0.1, 0.15) is 0 Å². The molecule has 0 N–H and O–H groups in total. The van der Waals surface area contributed by atoms with Crippen molar-refractivity contribution in [3.05, 3.63) is 38.4 Å². The third kappa shape index (κ3) is 3.62. The van der Waals surface area contributed by atoms with Crippen molar-refractivity contribution < 1.29 is 4.74 Å². The molecule has 0 aliphatic rings. The van der Waals surface area contributed by atoms with Crippen molar-refractivity contribution in [3.63, 3.8) is 0 Å². The van der Waals surface area contributed by atoms with Gasteiger partial charge in [-0.1, -0.05) is 17.3 Å². The van der Waals surface area contributed by atoms with Gasteiger partial charge in [0, 0.05) is 23.4 Å². The van der Waals surface area contributed by atoms with Crippen LogP contribution in [0.15, 0.2) is 22.6 Å². The summed E-state index contributed by atoms with van der Waals surface area (Å²) >= 11 is 1.66. The Morgan fingerprint density at radius 2 is 2.57 bits per heavy atom. The molecule has 1 aromatic heterocycles. The fourth-order valence-corrected chi connectivity index (χ4v) is 1.80. The molecule has 1 rings (SSSR count). The number of nitrogens with zero attached hydrogens (tertiary/aromatic N) is 3. The fourth-order valence-electron chi connectivity index (χ4n) is 0.975. The Morgan fingerprint density at radius 3 is 3.29 bits per heavy atom. The Balaban J connectivity index is 2.50. The van der Waals surface area contributed by atoms with Crippen molar-refractivity contribution in [2.45, 2.75) is 6.61 Å². The molecular weight excluding hydrogens is 198 g/mol. The summed E-state index contributed by atoms with van der Waals surface area (Å²) in [5, 5.41) is 5.45. The molecule has 74 valence electrons. The van der Waals surface area contributed by atoms with Crippen LogP contribution >= 0.6 is 11.3 Å². The second-order valence-corrected chi connectivity index (χ2v) is 3.59. The van der Waals surface area contributed by atoms with Gasteiger partial charge in [0.15, 0.2) is 0 Å². The van der Waals surface area contributed by atoms with E-state index < -0.39 is 0 Å². The summed E-state index contributed by atoms with van der Waals surface area (Å²) in [6.45, 7) is 1.04. The molecule has 0 amide bonds. The molecule has 0 aliphatic carbocycles. The molecule has 0 aliphatic heterocycles. The average Bonchev–Trinajstić information content (AvgIpc) is 2.61. The number of azide groups is 1. The zero-order chi connectivity index (χ0) is 10.2. The summed E-state index contributed by atoms with van der Waals surface area (Å²) in [6.07, 6.45) is 3.77. The Hall–Kier alpha value is -1.29. The lowest BCUT2D eigenvalue weighted by molar-refractivity contribution is 0.187. The van der Waals surface area contributed by atoms with Crippen LogP contribution in [0.3, 0.4) is 0 Å². The van der Waals surface area contributed by atoms with Crippen LogP contribution in [-0.2, 0) is 11.3 Å². The normalized spacial score (nSPS) is 10.4. The third-order valence-corrected chi connectivity index (χ3v) is 2.45. The van der Waals surface area contributed by atoms with Crippen LogP contribution < -0.4 is 0 Å². The molecule has 14 heavy (non-hydrogen) atoms. The van der Waals surface area contributed by atoms with Crippen LogP contribution in [0.5, 0.6) is 0 Å². The van der Waals surface area contributed by atoms with Crippen molar-refractivity contribution >= 4 is 17.4 Å². The highest BCUT2D eigenvalue weighted by Gasteiger charge is 1.95. The predicted octanol–water partition coefficient (Wildman–Crippen LogP) is 3.22. The highest BCUT2D eigenvalue weighted by molar-refractivity contribution is 7.10. The van der Waals surface area contributed by atoms with Crippen LogP contribution in [0.4, 0.5) is 0 Å². The van der Waals surface area contributed by atoms with E-state index in [1.165, 1.54) is 4.88 Å². The molecule has 0 unspecified atom stereocenters. The SMILES string of the molecule is COCc1cc(C=CCN=[N+]=[N-])cs1. The van der Waals surface area contributed by atoms with E-state index in [0.29, 0.717) is 13.2 Å². The molecule has 0 aromatic carbocycles. The van der Waals surface area contributed by atoms with Crippen LogP contribution in [0, 0.1) is 0 Å². The molecule has 0 fully saturated rings. The smallest absolute Gasteiger partial charge is 0.0805 e. The summed E-state index contributed by atoms with van der Waals surface area (Å²) in [7, 11) is 1.68. The van der Waals surface area contributed by atoms with Crippen molar-refractivity contribution in [3.8, 4) is 0 Å². The molecule has 0 saturated carbocycles. The number of thiophene rings is 1. The maximum atomic E-state index is 8.05. The maximum absolute atomic E-state index is 8.05. The Labute approximate surface area is 86.5 Å². The van der Waals surface area contributed by atoms with Gasteiger partial charge in [0.25, 0.3) is 0 Å². The summed E-state index contributed by atoms with van der Waals surface area (Å²) in [5.41, 5.74) is 9.17. The average molecular weight is 209 g/mol. The molecule has 0 saturated heterocycles. The van der Waals surface area contributed by atoms with Gasteiger partial charge in [-0.15, -0.1) is 11.3 Å². The van der Waals surface area contributed by atoms with E-state index in [-0.39, 0.29) is 0 Å². The first-order valence-electron chi connectivity index (χ1n) is 4.10. The molecule has 0 radical (unpaired) electrons. The van der Waals surface area contributed by atoms with E-state index in [1.54, 1.807) is 18.4 Å². The molecule has 0 bridgehead atoms. The highest BCUT2D eigenvalue weighted by atomic mass is 32.1. The van der Waals surface area contributed by atoms with Crippen molar-refractivity contribution in [1.82, 2.24) is 0 Å². The van der Waals surface area contributed by atoms with Crippen molar-refractivity contribution in [2.75, 3.05) is 13.7 Å². The first kappa shape index (κ1) is 10.8. The van der Waals surface area contributed by atoms with Gasteiger partial charge in [-0.3, -0.25) is 0 Å².